The van der Waals surface area contributed by atoms with Gasteiger partial charge in [-0.25, -0.2) is 0 Å². The summed E-state index contributed by atoms with van der Waals surface area (Å²) < 4.78 is 6.06. The van der Waals surface area contributed by atoms with E-state index in [-0.39, 0.29) is 22.7 Å². The number of fused-ring (bicyclic) bond motifs is 4. The van der Waals surface area contributed by atoms with E-state index in [1.54, 1.807) is 6.92 Å². The second kappa shape index (κ2) is 4.85. The molecule has 7 atom stereocenters. The highest BCUT2D eigenvalue weighted by Crippen LogP contribution is 2.64. The second-order valence-corrected chi connectivity index (χ2v) is 10.6. The van der Waals surface area contributed by atoms with Crippen molar-refractivity contribution in [3.8, 4) is 0 Å². The maximum atomic E-state index is 12.7. The normalized spacial score (nSPS) is 56.3. The summed E-state index contributed by atoms with van der Waals surface area (Å²) in [6, 6.07) is 0. The predicted octanol–water partition coefficient (Wildman–Crippen LogP) is 4.12. The van der Waals surface area contributed by atoms with Crippen LogP contribution in [-0.2, 0) is 9.53 Å². The Balaban J connectivity index is 1.66. The van der Waals surface area contributed by atoms with Crippen LogP contribution in [0, 0.1) is 28.6 Å². The molecule has 1 N–H and O–H groups in total. The van der Waals surface area contributed by atoms with Crippen LogP contribution in [0.1, 0.15) is 79.6 Å². The molecule has 4 fully saturated rings. The molecule has 136 valence electrons. The van der Waals surface area contributed by atoms with Gasteiger partial charge in [0.05, 0.1) is 11.7 Å². The zero-order valence-electron chi connectivity index (χ0n) is 16.0. The highest BCUT2D eigenvalue weighted by molar-refractivity contribution is 5.88. The fourth-order valence-corrected chi connectivity index (χ4v) is 6.23. The zero-order chi connectivity index (χ0) is 17.5. The Labute approximate surface area is 146 Å². The van der Waals surface area contributed by atoms with Gasteiger partial charge < -0.3 is 9.84 Å². The number of epoxide rings is 1. The standard InChI is InChI=1S/C21H34O3/c1-18(2)13-10-14-12-19(14,3)8-7-17-20(4,24-17)9-6-15(18)21(5,23)16(22)11-13/h13-15,17,23H,6-12H2,1-5H3. The molecule has 0 aromatic carbocycles. The van der Waals surface area contributed by atoms with Gasteiger partial charge >= 0.3 is 0 Å². The van der Waals surface area contributed by atoms with E-state index in [4.69, 9.17) is 4.74 Å². The summed E-state index contributed by atoms with van der Waals surface area (Å²) in [5, 5.41) is 11.0. The van der Waals surface area contributed by atoms with Gasteiger partial charge in [0, 0.05) is 6.42 Å². The quantitative estimate of drug-likeness (QED) is 0.678. The Hall–Kier alpha value is -0.410. The third-order valence-corrected chi connectivity index (χ3v) is 8.67. The molecule has 1 aliphatic heterocycles. The van der Waals surface area contributed by atoms with Crippen LogP contribution in [0.4, 0.5) is 0 Å². The van der Waals surface area contributed by atoms with Crippen molar-refractivity contribution in [1.29, 1.82) is 0 Å². The summed E-state index contributed by atoms with van der Waals surface area (Å²) in [7, 11) is 0. The van der Waals surface area contributed by atoms with Crippen LogP contribution in [0.3, 0.4) is 0 Å². The van der Waals surface area contributed by atoms with Crippen molar-refractivity contribution in [2.45, 2.75) is 96.9 Å². The lowest BCUT2D eigenvalue weighted by Gasteiger charge is -2.52. The van der Waals surface area contributed by atoms with Crippen LogP contribution in [-0.4, -0.2) is 28.2 Å². The molecule has 3 saturated carbocycles. The monoisotopic (exact) mass is 334 g/mol. The molecule has 3 aliphatic carbocycles. The van der Waals surface area contributed by atoms with Crippen LogP contribution in [0.15, 0.2) is 0 Å². The molecule has 1 heterocycles. The van der Waals surface area contributed by atoms with E-state index < -0.39 is 5.60 Å². The van der Waals surface area contributed by atoms with Crippen molar-refractivity contribution in [2.75, 3.05) is 0 Å². The Kier molecular flexibility index (Phi) is 3.44. The summed E-state index contributed by atoms with van der Waals surface area (Å²) >= 11 is 0. The van der Waals surface area contributed by atoms with E-state index in [1.165, 1.54) is 19.3 Å². The van der Waals surface area contributed by atoms with E-state index in [0.29, 0.717) is 23.9 Å². The molecule has 7 unspecified atom stereocenters. The highest BCUT2D eigenvalue weighted by atomic mass is 16.6. The number of ketones is 1. The fraction of sp³-hybridized carbons (Fsp3) is 0.952. The molecule has 24 heavy (non-hydrogen) atoms. The van der Waals surface area contributed by atoms with Crippen LogP contribution >= 0.6 is 0 Å². The fourth-order valence-electron chi connectivity index (χ4n) is 6.23. The first-order chi connectivity index (χ1) is 11.0. The van der Waals surface area contributed by atoms with Gasteiger partial charge in [-0.1, -0.05) is 20.8 Å². The minimum absolute atomic E-state index is 0.000847. The van der Waals surface area contributed by atoms with Crippen molar-refractivity contribution in [3.63, 3.8) is 0 Å². The molecule has 0 amide bonds. The SMILES string of the molecule is CC12CCC3OC3(C)CCC3C(C)(O)C(=O)CC(CC1C2)C3(C)C. The molecular formula is C21H34O3. The van der Waals surface area contributed by atoms with Crippen LogP contribution < -0.4 is 0 Å². The second-order valence-electron chi connectivity index (χ2n) is 10.6. The first kappa shape index (κ1) is 17.0. The van der Waals surface area contributed by atoms with E-state index in [1.807, 2.05) is 0 Å². The van der Waals surface area contributed by atoms with Crippen molar-refractivity contribution in [1.82, 2.24) is 0 Å². The Morgan fingerprint density at radius 3 is 2.46 bits per heavy atom. The molecule has 4 rings (SSSR count). The summed E-state index contributed by atoms with van der Waals surface area (Å²) in [6.07, 6.45) is 7.69. The smallest absolute Gasteiger partial charge is 0.164 e. The number of hydrogen-bond acceptors (Lipinski definition) is 3. The minimum atomic E-state index is -1.18. The summed E-state index contributed by atoms with van der Waals surface area (Å²) in [4.78, 5) is 12.7. The lowest BCUT2D eigenvalue weighted by Crippen LogP contribution is -2.57. The van der Waals surface area contributed by atoms with Gasteiger partial charge in [0.1, 0.15) is 5.60 Å². The van der Waals surface area contributed by atoms with Gasteiger partial charge in [0.15, 0.2) is 5.78 Å². The average Bonchev–Trinajstić information content (AvgIpc) is 3.30. The van der Waals surface area contributed by atoms with Crippen molar-refractivity contribution < 1.29 is 14.6 Å². The first-order valence-corrected chi connectivity index (χ1v) is 9.92. The Morgan fingerprint density at radius 2 is 1.75 bits per heavy atom. The first-order valence-electron chi connectivity index (χ1n) is 9.92. The molecular weight excluding hydrogens is 300 g/mol. The third kappa shape index (κ3) is 2.41. The molecule has 0 aromatic heterocycles. The number of ether oxygens (including phenoxy) is 1. The molecule has 0 spiro atoms. The van der Waals surface area contributed by atoms with Gasteiger partial charge in [0.25, 0.3) is 0 Å². The van der Waals surface area contributed by atoms with E-state index in [9.17, 15) is 9.90 Å². The number of rotatable bonds is 0. The third-order valence-electron chi connectivity index (χ3n) is 8.67. The number of aliphatic hydroxyl groups is 1. The van der Waals surface area contributed by atoms with E-state index >= 15 is 0 Å². The molecule has 3 heteroatoms. The summed E-state index contributed by atoms with van der Waals surface area (Å²) in [5.41, 5.74) is -0.749. The zero-order valence-corrected chi connectivity index (χ0v) is 16.0. The highest BCUT2D eigenvalue weighted by Gasteiger charge is 2.61. The van der Waals surface area contributed by atoms with Crippen LogP contribution in [0.5, 0.6) is 0 Å². The van der Waals surface area contributed by atoms with Crippen molar-refractivity contribution in [3.05, 3.63) is 0 Å². The number of carbonyl (C=O) groups excluding carboxylic acids is 1. The van der Waals surface area contributed by atoms with Crippen LogP contribution in [0.25, 0.3) is 0 Å². The minimum Gasteiger partial charge on any atom is -0.382 e. The summed E-state index contributed by atoms with van der Waals surface area (Å²) in [6.45, 7) is 11.0. The van der Waals surface area contributed by atoms with E-state index in [0.717, 1.165) is 25.2 Å². The topological polar surface area (TPSA) is 49.8 Å². The average molecular weight is 335 g/mol. The Morgan fingerprint density at radius 1 is 1.04 bits per heavy atom. The molecule has 2 bridgehead atoms. The largest absolute Gasteiger partial charge is 0.382 e. The molecule has 3 nitrogen and oxygen atoms in total. The van der Waals surface area contributed by atoms with Crippen LogP contribution in [0.2, 0.25) is 0 Å². The molecule has 0 aromatic rings. The maximum absolute atomic E-state index is 12.7. The van der Waals surface area contributed by atoms with Crippen molar-refractivity contribution in [2.24, 2.45) is 28.6 Å². The number of hydrogen-bond donors (Lipinski definition) is 1. The number of carbonyl (C=O) groups is 1. The van der Waals surface area contributed by atoms with Gasteiger partial charge in [-0.3, -0.25) is 4.79 Å². The lowest BCUT2D eigenvalue weighted by molar-refractivity contribution is -0.165. The Bertz CT molecular complexity index is 565. The summed E-state index contributed by atoms with van der Waals surface area (Å²) in [5.74, 6) is 1.25. The van der Waals surface area contributed by atoms with Gasteiger partial charge in [-0.2, -0.15) is 0 Å². The molecule has 4 aliphatic rings. The van der Waals surface area contributed by atoms with Crippen molar-refractivity contribution >= 4 is 5.78 Å². The van der Waals surface area contributed by atoms with E-state index in [2.05, 4.69) is 27.7 Å². The lowest BCUT2D eigenvalue weighted by atomic mass is 9.53. The molecule has 0 radical (unpaired) electrons. The van der Waals surface area contributed by atoms with Gasteiger partial charge in [-0.05, 0) is 81.0 Å². The van der Waals surface area contributed by atoms with Gasteiger partial charge in [-0.15, -0.1) is 0 Å². The molecule has 1 saturated heterocycles. The predicted molar refractivity (Wildman–Crippen MR) is 93.6 cm³/mol. The maximum Gasteiger partial charge on any atom is 0.164 e. The van der Waals surface area contributed by atoms with Gasteiger partial charge in [0.2, 0.25) is 0 Å². The number of Topliss-reactive ketones (excluding diaryl/α,β-unsaturated/α-hetero) is 1.